The highest BCUT2D eigenvalue weighted by molar-refractivity contribution is 7.91. The van der Waals surface area contributed by atoms with E-state index in [0.29, 0.717) is 24.6 Å². The number of hydrogen-bond acceptors (Lipinski definition) is 3. The lowest BCUT2D eigenvalue weighted by Crippen LogP contribution is -2.25. The standard InChI is InChI=1S/C12H23NO3S/c1-11(14)13-8-5-9-17(15,16)10-12-6-3-2-4-7-12/h12H,2-10H2,1H3,(H,13,14). The highest BCUT2D eigenvalue weighted by atomic mass is 32.2. The highest BCUT2D eigenvalue weighted by Crippen LogP contribution is 2.25. The Kier molecular flexibility index (Phi) is 5.95. The Morgan fingerprint density at radius 2 is 1.88 bits per heavy atom. The van der Waals surface area contributed by atoms with Crippen LogP contribution in [0.15, 0.2) is 0 Å². The van der Waals surface area contributed by atoms with Gasteiger partial charge in [-0.15, -0.1) is 0 Å². The van der Waals surface area contributed by atoms with Crippen LogP contribution in [0.25, 0.3) is 0 Å². The average Bonchev–Trinajstić information content (AvgIpc) is 2.25. The van der Waals surface area contributed by atoms with E-state index in [0.717, 1.165) is 12.8 Å². The van der Waals surface area contributed by atoms with Crippen molar-refractivity contribution in [3.63, 3.8) is 0 Å². The van der Waals surface area contributed by atoms with Crippen molar-refractivity contribution in [2.45, 2.75) is 45.4 Å². The Morgan fingerprint density at radius 1 is 1.24 bits per heavy atom. The van der Waals surface area contributed by atoms with E-state index in [1.54, 1.807) is 0 Å². The molecule has 0 spiro atoms. The van der Waals surface area contributed by atoms with Crippen LogP contribution < -0.4 is 5.32 Å². The summed E-state index contributed by atoms with van der Waals surface area (Å²) in [6.07, 6.45) is 6.24. The van der Waals surface area contributed by atoms with Gasteiger partial charge in [0.25, 0.3) is 0 Å². The molecule has 0 heterocycles. The predicted molar refractivity (Wildman–Crippen MR) is 68.5 cm³/mol. The summed E-state index contributed by atoms with van der Waals surface area (Å²) in [5, 5.41) is 2.62. The molecule has 5 heteroatoms. The molecule has 0 aromatic carbocycles. The molecule has 17 heavy (non-hydrogen) atoms. The maximum Gasteiger partial charge on any atom is 0.216 e. The van der Waals surface area contributed by atoms with Crippen LogP contribution in [-0.2, 0) is 14.6 Å². The Balaban J connectivity index is 2.22. The summed E-state index contributed by atoms with van der Waals surface area (Å²) in [5.41, 5.74) is 0. The van der Waals surface area contributed by atoms with Crippen molar-refractivity contribution in [3.8, 4) is 0 Å². The van der Waals surface area contributed by atoms with Gasteiger partial charge in [-0.05, 0) is 25.2 Å². The van der Waals surface area contributed by atoms with Gasteiger partial charge in [-0.1, -0.05) is 19.3 Å². The maximum absolute atomic E-state index is 11.8. The SMILES string of the molecule is CC(=O)NCCCS(=O)(=O)CC1CCCCC1. The van der Waals surface area contributed by atoms with E-state index in [1.807, 2.05) is 0 Å². The smallest absolute Gasteiger partial charge is 0.216 e. The lowest BCUT2D eigenvalue weighted by molar-refractivity contribution is -0.118. The first kappa shape index (κ1) is 14.5. The van der Waals surface area contributed by atoms with Crippen molar-refractivity contribution in [1.82, 2.24) is 5.32 Å². The second-order valence-electron chi connectivity index (χ2n) is 4.95. The van der Waals surface area contributed by atoms with Gasteiger partial charge in [-0.3, -0.25) is 4.79 Å². The molecule has 1 aliphatic carbocycles. The minimum absolute atomic E-state index is 0.102. The third-order valence-electron chi connectivity index (χ3n) is 3.22. The van der Waals surface area contributed by atoms with Crippen LogP contribution in [0.2, 0.25) is 0 Å². The molecule has 100 valence electrons. The first-order valence-corrected chi connectivity index (χ1v) is 8.26. The lowest BCUT2D eigenvalue weighted by Gasteiger charge is -2.21. The van der Waals surface area contributed by atoms with Gasteiger partial charge >= 0.3 is 0 Å². The van der Waals surface area contributed by atoms with Crippen LogP contribution in [0, 0.1) is 5.92 Å². The number of carbonyl (C=O) groups excluding carboxylic acids is 1. The molecule has 1 amide bonds. The topological polar surface area (TPSA) is 63.2 Å². The van der Waals surface area contributed by atoms with Crippen molar-refractivity contribution >= 4 is 15.7 Å². The zero-order valence-corrected chi connectivity index (χ0v) is 11.4. The fraction of sp³-hybridized carbons (Fsp3) is 0.917. The Hall–Kier alpha value is -0.580. The zero-order valence-electron chi connectivity index (χ0n) is 10.6. The van der Waals surface area contributed by atoms with Crippen molar-refractivity contribution in [1.29, 1.82) is 0 Å². The zero-order chi connectivity index (χ0) is 12.7. The summed E-state index contributed by atoms with van der Waals surface area (Å²) >= 11 is 0. The van der Waals surface area contributed by atoms with Gasteiger partial charge in [0.15, 0.2) is 9.84 Å². The molecule has 1 N–H and O–H groups in total. The van der Waals surface area contributed by atoms with E-state index < -0.39 is 9.84 Å². The van der Waals surface area contributed by atoms with E-state index >= 15 is 0 Å². The van der Waals surface area contributed by atoms with Crippen molar-refractivity contribution < 1.29 is 13.2 Å². The van der Waals surface area contributed by atoms with Gasteiger partial charge in [0.2, 0.25) is 5.91 Å². The second-order valence-corrected chi connectivity index (χ2v) is 7.18. The summed E-state index contributed by atoms with van der Waals surface area (Å²) in [5.74, 6) is 0.806. The van der Waals surface area contributed by atoms with E-state index in [1.165, 1.54) is 26.2 Å². The minimum Gasteiger partial charge on any atom is -0.356 e. The molecule has 0 aliphatic heterocycles. The molecular formula is C12H23NO3S. The first-order valence-electron chi connectivity index (χ1n) is 6.44. The summed E-state index contributed by atoms with van der Waals surface area (Å²) < 4.78 is 23.7. The Morgan fingerprint density at radius 3 is 2.47 bits per heavy atom. The Labute approximate surface area is 104 Å². The van der Waals surface area contributed by atoms with Crippen LogP contribution in [0.5, 0.6) is 0 Å². The lowest BCUT2D eigenvalue weighted by atomic mass is 9.91. The van der Waals surface area contributed by atoms with E-state index in [-0.39, 0.29) is 11.7 Å². The fourth-order valence-corrected chi connectivity index (χ4v) is 4.16. The van der Waals surface area contributed by atoms with Crippen molar-refractivity contribution in [3.05, 3.63) is 0 Å². The second kappa shape index (κ2) is 6.99. The number of rotatable bonds is 6. The van der Waals surface area contributed by atoms with Crippen molar-refractivity contribution in [2.24, 2.45) is 5.92 Å². The van der Waals surface area contributed by atoms with Gasteiger partial charge < -0.3 is 5.32 Å². The molecule has 0 saturated heterocycles. The number of sulfone groups is 1. The number of amides is 1. The van der Waals surface area contributed by atoms with Crippen LogP contribution in [0.1, 0.15) is 45.4 Å². The monoisotopic (exact) mass is 261 g/mol. The number of carbonyl (C=O) groups is 1. The highest BCUT2D eigenvalue weighted by Gasteiger charge is 2.20. The first-order chi connectivity index (χ1) is 7.99. The van der Waals surface area contributed by atoms with Crippen LogP contribution in [0.4, 0.5) is 0 Å². The molecular weight excluding hydrogens is 238 g/mol. The van der Waals surface area contributed by atoms with E-state index in [2.05, 4.69) is 5.32 Å². The summed E-state index contributed by atoms with van der Waals surface area (Å²) in [6, 6.07) is 0. The molecule has 1 rings (SSSR count). The molecule has 4 nitrogen and oxygen atoms in total. The molecule has 0 radical (unpaired) electrons. The van der Waals surface area contributed by atoms with Gasteiger partial charge in [0.1, 0.15) is 0 Å². The third-order valence-corrected chi connectivity index (χ3v) is 5.11. The fourth-order valence-electron chi connectivity index (χ4n) is 2.35. The molecule has 0 aromatic heterocycles. The number of hydrogen-bond donors (Lipinski definition) is 1. The summed E-state index contributed by atoms with van der Waals surface area (Å²) in [6.45, 7) is 1.90. The van der Waals surface area contributed by atoms with Crippen molar-refractivity contribution in [2.75, 3.05) is 18.1 Å². The molecule has 0 unspecified atom stereocenters. The summed E-state index contributed by atoms with van der Waals surface area (Å²) in [4.78, 5) is 10.6. The van der Waals surface area contributed by atoms with E-state index in [4.69, 9.17) is 0 Å². The maximum atomic E-state index is 11.8. The molecule has 0 aromatic rings. The van der Waals surface area contributed by atoms with Gasteiger partial charge in [-0.25, -0.2) is 8.42 Å². The normalized spacial score (nSPS) is 17.9. The van der Waals surface area contributed by atoms with Crippen LogP contribution >= 0.6 is 0 Å². The van der Waals surface area contributed by atoms with Crippen LogP contribution in [0.3, 0.4) is 0 Å². The largest absolute Gasteiger partial charge is 0.356 e. The molecule has 1 aliphatic rings. The van der Waals surface area contributed by atoms with Crippen LogP contribution in [-0.4, -0.2) is 32.4 Å². The van der Waals surface area contributed by atoms with Gasteiger partial charge in [-0.2, -0.15) is 0 Å². The predicted octanol–water partition coefficient (Wildman–Crippen LogP) is 1.51. The number of nitrogens with one attached hydrogen (secondary N) is 1. The molecule has 1 fully saturated rings. The molecule has 0 atom stereocenters. The van der Waals surface area contributed by atoms with Gasteiger partial charge in [0.05, 0.1) is 11.5 Å². The molecule has 0 bridgehead atoms. The third kappa shape index (κ3) is 6.66. The van der Waals surface area contributed by atoms with Gasteiger partial charge in [0, 0.05) is 13.5 Å². The quantitative estimate of drug-likeness (QED) is 0.737. The average molecular weight is 261 g/mol. The van der Waals surface area contributed by atoms with E-state index in [9.17, 15) is 13.2 Å². The minimum atomic E-state index is -2.93. The summed E-state index contributed by atoms with van der Waals surface area (Å²) in [7, 11) is -2.93. The Bertz CT molecular complexity index is 332. The molecule has 1 saturated carbocycles.